The zero-order valence-corrected chi connectivity index (χ0v) is 9.60. The van der Waals surface area contributed by atoms with Gasteiger partial charge in [0.15, 0.2) is 5.58 Å². The second-order valence-corrected chi connectivity index (χ2v) is 3.64. The number of nitrogens with zero attached hydrogens (tertiary/aromatic N) is 1. The molecule has 0 aliphatic rings. The van der Waals surface area contributed by atoms with Crippen molar-refractivity contribution in [2.45, 2.75) is 6.92 Å². The van der Waals surface area contributed by atoms with E-state index in [4.69, 9.17) is 13.6 Å². The fourth-order valence-electron chi connectivity index (χ4n) is 1.69. The number of H-pyrrole nitrogens is 1. The Kier molecular flexibility index (Phi) is 2.40. The van der Waals surface area contributed by atoms with Gasteiger partial charge in [-0.05, 0) is 25.1 Å². The van der Waals surface area contributed by atoms with Crippen LogP contribution in [0.25, 0.3) is 22.6 Å². The van der Waals surface area contributed by atoms with Crippen molar-refractivity contribution in [3.8, 4) is 17.4 Å². The van der Waals surface area contributed by atoms with Crippen LogP contribution in [-0.2, 0) is 0 Å². The van der Waals surface area contributed by atoms with E-state index < -0.39 is 5.76 Å². The molecule has 0 spiro atoms. The summed E-state index contributed by atoms with van der Waals surface area (Å²) >= 11 is 0. The molecule has 0 saturated carbocycles. The predicted octanol–water partition coefficient (Wildman–Crippen LogP) is 2.17. The monoisotopic (exact) mass is 246 g/mol. The standard InChI is InChI=1S/C12H10N2O4/c1-2-16-10-6-13-11(18-10)7-3-4-9-8(5-7)14-12(15)17-9/h3-6H,2H2,1H3,(H,14,15). The molecule has 6 heteroatoms. The molecule has 0 fully saturated rings. The Labute approximate surface area is 101 Å². The van der Waals surface area contributed by atoms with Gasteiger partial charge in [0, 0.05) is 5.56 Å². The highest BCUT2D eigenvalue weighted by Gasteiger charge is 2.09. The molecule has 0 amide bonds. The van der Waals surface area contributed by atoms with Gasteiger partial charge >= 0.3 is 11.7 Å². The minimum atomic E-state index is -0.482. The minimum Gasteiger partial charge on any atom is -0.464 e. The Morgan fingerprint density at radius 1 is 1.39 bits per heavy atom. The highest BCUT2D eigenvalue weighted by Crippen LogP contribution is 2.25. The number of oxazole rings is 2. The molecule has 0 aliphatic heterocycles. The lowest BCUT2D eigenvalue weighted by atomic mass is 10.2. The van der Waals surface area contributed by atoms with Crippen molar-refractivity contribution in [3.63, 3.8) is 0 Å². The van der Waals surface area contributed by atoms with Gasteiger partial charge < -0.3 is 13.6 Å². The van der Waals surface area contributed by atoms with Crippen LogP contribution in [0, 0.1) is 0 Å². The van der Waals surface area contributed by atoms with Crippen LogP contribution < -0.4 is 10.5 Å². The zero-order chi connectivity index (χ0) is 12.5. The van der Waals surface area contributed by atoms with Gasteiger partial charge in [0.1, 0.15) is 6.20 Å². The maximum atomic E-state index is 11.0. The SMILES string of the molecule is CCOc1cnc(-c2ccc3oc(=O)[nH]c3c2)o1. The van der Waals surface area contributed by atoms with Gasteiger partial charge in [0.2, 0.25) is 5.89 Å². The maximum absolute atomic E-state index is 11.0. The first-order valence-electron chi connectivity index (χ1n) is 5.48. The first kappa shape index (κ1) is 10.6. The van der Waals surface area contributed by atoms with E-state index in [0.29, 0.717) is 29.5 Å². The van der Waals surface area contributed by atoms with Gasteiger partial charge in [-0.15, -0.1) is 0 Å². The van der Waals surface area contributed by atoms with Crippen LogP contribution >= 0.6 is 0 Å². The average Bonchev–Trinajstić information content (AvgIpc) is 2.93. The summed E-state index contributed by atoms with van der Waals surface area (Å²) in [4.78, 5) is 17.7. The van der Waals surface area contributed by atoms with E-state index in [1.165, 1.54) is 6.20 Å². The van der Waals surface area contributed by atoms with E-state index in [1.54, 1.807) is 18.2 Å². The molecule has 0 atom stereocenters. The number of rotatable bonds is 3. The van der Waals surface area contributed by atoms with Gasteiger partial charge in [-0.1, -0.05) is 0 Å². The highest BCUT2D eigenvalue weighted by atomic mass is 16.6. The summed E-state index contributed by atoms with van der Waals surface area (Å²) in [7, 11) is 0. The number of fused-ring (bicyclic) bond motifs is 1. The molecule has 3 rings (SSSR count). The van der Waals surface area contributed by atoms with Gasteiger partial charge in [0.05, 0.1) is 12.1 Å². The van der Waals surface area contributed by atoms with E-state index in [2.05, 4.69) is 9.97 Å². The largest absolute Gasteiger partial charge is 0.464 e. The van der Waals surface area contributed by atoms with Crippen LogP contribution in [0.3, 0.4) is 0 Å². The second kappa shape index (κ2) is 4.06. The number of nitrogens with one attached hydrogen (secondary N) is 1. The van der Waals surface area contributed by atoms with Gasteiger partial charge in [-0.25, -0.2) is 9.78 Å². The van der Waals surface area contributed by atoms with Crippen LogP contribution in [0.4, 0.5) is 0 Å². The summed E-state index contributed by atoms with van der Waals surface area (Å²) in [6.45, 7) is 2.38. The number of hydrogen-bond acceptors (Lipinski definition) is 5. The molecule has 2 aromatic heterocycles. The summed E-state index contributed by atoms with van der Waals surface area (Å²) in [6.07, 6.45) is 1.52. The smallest absolute Gasteiger partial charge is 0.417 e. The lowest BCUT2D eigenvalue weighted by molar-refractivity contribution is 0.260. The fourth-order valence-corrected chi connectivity index (χ4v) is 1.69. The molecule has 0 radical (unpaired) electrons. The van der Waals surface area contributed by atoms with Crippen LogP contribution in [0.5, 0.6) is 5.95 Å². The Morgan fingerprint density at radius 2 is 2.28 bits per heavy atom. The summed E-state index contributed by atoms with van der Waals surface area (Å²) in [5, 5.41) is 0. The predicted molar refractivity (Wildman–Crippen MR) is 63.5 cm³/mol. The van der Waals surface area contributed by atoms with Crippen molar-refractivity contribution in [1.29, 1.82) is 0 Å². The normalized spacial score (nSPS) is 10.9. The molecule has 2 heterocycles. The molecular formula is C12H10N2O4. The Hall–Kier alpha value is -2.50. The van der Waals surface area contributed by atoms with Crippen molar-refractivity contribution in [2.75, 3.05) is 6.61 Å². The zero-order valence-electron chi connectivity index (χ0n) is 9.60. The average molecular weight is 246 g/mol. The van der Waals surface area contributed by atoms with Crippen molar-refractivity contribution in [3.05, 3.63) is 34.9 Å². The van der Waals surface area contributed by atoms with Crippen molar-refractivity contribution in [1.82, 2.24) is 9.97 Å². The Balaban J connectivity index is 2.04. The van der Waals surface area contributed by atoms with Crippen LogP contribution in [0.2, 0.25) is 0 Å². The lowest BCUT2D eigenvalue weighted by Crippen LogP contribution is -1.92. The van der Waals surface area contributed by atoms with Gasteiger partial charge in [0.25, 0.3) is 0 Å². The van der Waals surface area contributed by atoms with Crippen molar-refractivity contribution < 1.29 is 13.6 Å². The van der Waals surface area contributed by atoms with E-state index in [1.807, 2.05) is 6.92 Å². The molecule has 6 nitrogen and oxygen atoms in total. The summed E-state index contributed by atoms with van der Waals surface area (Å²) < 4.78 is 15.5. The summed E-state index contributed by atoms with van der Waals surface area (Å²) in [6, 6.07) is 5.19. The van der Waals surface area contributed by atoms with Gasteiger partial charge in [-0.2, -0.15) is 0 Å². The number of aromatic nitrogens is 2. The molecule has 0 unspecified atom stereocenters. The molecule has 1 N–H and O–H groups in total. The first-order valence-corrected chi connectivity index (χ1v) is 5.48. The molecule has 0 saturated heterocycles. The van der Waals surface area contributed by atoms with Crippen molar-refractivity contribution in [2.24, 2.45) is 0 Å². The quantitative estimate of drug-likeness (QED) is 0.765. The molecule has 1 aromatic carbocycles. The maximum Gasteiger partial charge on any atom is 0.417 e. The molecule has 3 aromatic rings. The third kappa shape index (κ3) is 1.77. The Bertz CT molecular complexity index is 738. The third-order valence-corrected chi connectivity index (χ3v) is 2.44. The number of aromatic amines is 1. The van der Waals surface area contributed by atoms with E-state index >= 15 is 0 Å². The second-order valence-electron chi connectivity index (χ2n) is 3.64. The van der Waals surface area contributed by atoms with Crippen molar-refractivity contribution >= 4 is 11.1 Å². The molecule has 18 heavy (non-hydrogen) atoms. The topological polar surface area (TPSA) is 81.3 Å². The molecule has 92 valence electrons. The number of hydrogen-bond donors (Lipinski definition) is 1. The van der Waals surface area contributed by atoms with Crippen LogP contribution in [0.15, 0.2) is 38.0 Å². The van der Waals surface area contributed by atoms with Gasteiger partial charge in [-0.3, -0.25) is 4.98 Å². The summed E-state index contributed by atoms with van der Waals surface area (Å²) in [5.41, 5.74) is 1.85. The van der Waals surface area contributed by atoms with E-state index in [-0.39, 0.29) is 0 Å². The van der Waals surface area contributed by atoms with Crippen LogP contribution in [-0.4, -0.2) is 16.6 Å². The third-order valence-electron chi connectivity index (χ3n) is 2.44. The highest BCUT2D eigenvalue weighted by molar-refractivity contribution is 5.77. The first-order chi connectivity index (χ1) is 8.76. The number of benzene rings is 1. The van der Waals surface area contributed by atoms with E-state index in [0.717, 1.165) is 5.56 Å². The fraction of sp³-hybridized carbons (Fsp3) is 0.167. The Morgan fingerprint density at radius 3 is 3.11 bits per heavy atom. The van der Waals surface area contributed by atoms with Crippen LogP contribution in [0.1, 0.15) is 6.92 Å². The molecule has 0 aliphatic carbocycles. The lowest BCUT2D eigenvalue weighted by Gasteiger charge is -1.96. The number of ether oxygens (including phenoxy) is 1. The summed E-state index contributed by atoms with van der Waals surface area (Å²) in [5.74, 6) is 0.320. The van der Waals surface area contributed by atoms with E-state index in [9.17, 15) is 4.79 Å². The minimum absolute atomic E-state index is 0.369. The molecular weight excluding hydrogens is 236 g/mol. The molecule has 0 bridgehead atoms.